The van der Waals surface area contributed by atoms with Crippen LogP contribution in [0, 0.1) is 5.92 Å². The molecule has 0 saturated carbocycles. The highest BCUT2D eigenvalue weighted by Gasteiger charge is 2.21. The van der Waals surface area contributed by atoms with E-state index in [9.17, 15) is 0 Å². The molecule has 0 bridgehead atoms. The summed E-state index contributed by atoms with van der Waals surface area (Å²) >= 11 is 0. The molecule has 1 unspecified atom stereocenters. The van der Waals surface area contributed by atoms with E-state index in [1.807, 2.05) is 0 Å². The molecule has 112 valence electrons. The third kappa shape index (κ3) is 4.22. The second-order valence-electron chi connectivity index (χ2n) is 6.10. The first kappa shape index (κ1) is 15.3. The lowest BCUT2D eigenvalue weighted by atomic mass is 10.0. The monoisotopic (exact) mass is 276 g/mol. The van der Waals surface area contributed by atoms with E-state index in [0.29, 0.717) is 6.04 Å². The van der Waals surface area contributed by atoms with Crippen LogP contribution in [0.3, 0.4) is 0 Å². The van der Waals surface area contributed by atoms with Crippen molar-refractivity contribution >= 4 is 5.69 Å². The van der Waals surface area contributed by atoms with Crippen LogP contribution in [0.4, 0.5) is 5.69 Å². The Bertz CT molecular complexity index is 406. The molecule has 2 rings (SSSR count). The number of ether oxygens (including phenoxy) is 1. The number of anilines is 1. The highest BCUT2D eigenvalue weighted by Crippen LogP contribution is 2.23. The van der Waals surface area contributed by atoms with Crippen LogP contribution in [0.5, 0.6) is 0 Å². The summed E-state index contributed by atoms with van der Waals surface area (Å²) < 4.78 is 5.23. The van der Waals surface area contributed by atoms with Gasteiger partial charge >= 0.3 is 0 Å². The van der Waals surface area contributed by atoms with E-state index in [1.54, 1.807) is 7.11 Å². The van der Waals surface area contributed by atoms with Crippen molar-refractivity contribution in [1.82, 2.24) is 5.32 Å². The fourth-order valence-corrected chi connectivity index (χ4v) is 3.01. The molecular weight excluding hydrogens is 248 g/mol. The van der Waals surface area contributed by atoms with Crippen LogP contribution in [0.1, 0.15) is 25.8 Å². The number of benzene rings is 1. The fourth-order valence-electron chi connectivity index (χ4n) is 3.01. The van der Waals surface area contributed by atoms with Gasteiger partial charge in [-0.1, -0.05) is 32.0 Å². The molecule has 0 aromatic heterocycles. The van der Waals surface area contributed by atoms with E-state index in [2.05, 4.69) is 48.3 Å². The molecule has 0 amide bonds. The van der Waals surface area contributed by atoms with Crippen molar-refractivity contribution in [3.05, 3.63) is 29.8 Å². The molecular formula is C17H28N2O. The van der Waals surface area contributed by atoms with E-state index in [0.717, 1.165) is 38.6 Å². The van der Waals surface area contributed by atoms with Crippen LogP contribution in [0.15, 0.2) is 24.3 Å². The average Bonchev–Trinajstić information content (AvgIpc) is 2.45. The predicted molar refractivity (Wildman–Crippen MR) is 85.5 cm³/mol. The van der Waals surface area contributed by atoms with Crippen molar-refractivity contribution < 1.29 is 4.74 Å². The summed E-state index contributed by atoms with van der Waals surface area (Å²) in [4.78, 5) is 2.54. The highest BCUT2D eigenvalue weighted by atomic mass is 16.5. The number of rotatable bonds is 6. The predicted octanol–water partition coefficient (Wildman–Crippen LogP) is 2.70. The minimum Gasteiger partial charge on any atom is -0.384 e. The SMILES string of the molecule is COCCc1ccccc1N1CCNC(CC(C)C)C1. The van der Waals surface area contributed by atoms with E-state index in [1.165, 1.54) is 17.7 Å². The first-order valence-electron chi connectivity index (χ1n) is 7.76. The Hall–Kier alpha value is -1.06. The summed E-state index contributed by atoms with van der Waals surface area (Å²) in [5, 5.41) is 3.65. The Morgan fingerprint density at radius 3 is 2.90 bits per heavy atom. The number of nitrogens with zero attached hydrogens (tertiary/aromatic N) is 1. The number of nitrogens with one attached hydrogen (secondary N) is 1. The lowest BCUT2D eigenvalue weighted by Gasteiger charge is -2.37. The van der Waals surface area contributed by atoms with Gasteiger partial charge in [0.05, 0.1) is 6.61 Å². The maximum Gasteiger partial charge on any atom is 0.0503 e. The Kier molecular flexibility index (Phi) is 5.86. The maximum absolute atomic E-state index is 5.23. The normalized spacial score (nSPS) is 19.6. The lowest BCUT2D eigenvalue weighted by Crippen LogP contribution is -2.51. The van der Waals surface area contributed by atoms with Gasteiger partial charge in [-0.3, -0.25) is 0 Å². The van der Waals surface area contributed by atoms with Gasteiger partial charge in [0.2, 0.25) is 0 Å². The van der Waals surface area contributed by atoms with Gasteiger partial charge in [-0.2, -0.15) is 0 Å². The van der Waals surface area contributed by atoms with Gasteiger partial charge in [-0.25, -0.2) is 0 Å². The number of methoxy groups -OCH3 is 1. The number of hydrogen-bond donors (Lipinski definition) is 1. The summed E-state index contributed by atoms with van der Waals surface area (Å²) in [6.45, 7) is 8.68. The summed E-state index contributed by atoms with van der Waals surface area (Å²) in [6.07, 6.45) is 2.24. The van der Waals surface area contributed by atoms with Gasteiger partial charge in [-0.05, 0) is 30.4 Å². The molecule has 1 aliphatic heterocycles. The van der Waals surface area contributed by atoms with Gasteiger partial charge in [0.1, 0.15) is 0 Å². The molecule has 0 aliphatic carbocycles. The molecule has 1 fully saturated rings. The molecule has 3 nitrogen and oxygen atoms in total. The van der Waals surface area contributed by atoms with Crippen LogP contribution in [-0.4, -0.2) is 39.4 Å². The number of piperazine rings is 1. The largest absolute Gasteiger partial charge is 0.384 e. The molecule has 1 N–H and O–H groups in total. The van der Waals surface area contributed by atoms with Gasteiger partial charge in [0.25, 0.3) is 0 Å². The molecule has 1 saturated heterocycles. The van der Waals surface area contributed by atoms with E-state index < -0.39 is 0 Å². The third-order valence-electron chi connectivity index (χ3n) is 3.92. The zero-order valence-corrected chi connectivity index (χ0v) is 13.1. The quantitative estimate of drug-likeness (QED) is 0.864. The Balaban J connectivity index is 2.06. The first-order valence-corrected chi connectivity index (χ1v) is 7.76. The number of hydrogen-bond acceptors (Lipinski definition) is 3. The minimum absolute atomic E-state index is 0.610. The average molecular weight is 276 g/mol. The minimum atomic E-state index is 0.610. The summed E-state index contributed by atoms with van der Waals surface area (Å²) in [5.41, 5.74) is 2.79. The maximum atomic E-state index is 5.23. The summed E-state index contributed by atoms with van der Waals surface area (Å²) in [5.74, 6) is 0.746. The standard InChI is InChI=1S/C17H28N2O/c1-14(2)12-16-13-19(10-9-18-16)17-7-5-4-6-15(17)8-11-20-3/h4-7,14,16,18H,8-13H2,1-3H3. The van der Waals surface area contributed by atoms with Crippen LogP contribution in [-0.2, 0) is 11.2 Å². The Morgan fingerprint density at radius 1 is 1.35 bits per heavy atom. The molecule has 1 aliphatic rings. The van der Waals surface area contributed by atoms with E-state index >= 15 is 0 Å². The second kappa shape index (κ2) is 7.65. The van der Waals surface area contributed by atoms with E-state index in [4.69, 9.17) is 4.74 Å². The van der Waals surface area contributed by atoms with Crippen molar-refractivity contribution in [2.24, 2.45) is 5.92 Å². The Labute approximate surface area is 123 Å². The third-order valence-corrected chi connectivity index (χ3v) is 3.92. The lowest BCUT2D eigenvalue weighted by molar-refractivity contribution is 0.202. The summed E-state index contributed by atoms with van der Waals surface area (Å²) in [6, 6.07) is 9.36. The molecule has 1 aromatic carbocycles. The molecule has 0 spiro atoms. The van der Waals surface area contributed by atoms with Gasteiger partial charge < -0.3 is 15.0 Å². The second-order valence-corrected chi connectivity index (χ2v) is 6.10. The fraction of sp³-hybridized carbons (Fsp3) is 0.647. The van der Waals surface area contributed by atoms with E-state index in [-0.39, 0.29) is 0 Å². The molecule has 1 heterocycles. The summed E-state index contributed by atoms with van der Waals surface area (Å²) in [7, 11) is 1.77. The van der Waals surface area contributed by atoms with Gasteiger partial charge in [0, 0.05) is 38.5 Å². The van der Waals surface area contributed by atoms with Crippen molar-refractivity contribution in [3.8, 4) is 0 Å². The van der Waals surface area contributed by atoms with Crippen LogP contribution in [0.25, 0.3) is 0 Å². The van der Waals surface area contributed by atoms with Crippen LogP contribution >= 0.6 is 0 Å². The van der Waals surface area contributed by atoms with Crippen molar-refractivity contribution in [3.63, 3.8) is 0 Å². The zero-order chi connectivity index (χ0) is 14.4. The van der Waals surface area contributed by atoms with Crippen molar-refractivity contribution in [2.75, 3.05) is 38.3 Å². The first-order chi connectivity index (χ1) is 9.70. The zero-order valence-electron chi connectivity index (χ0n) is 13.1. The number of para-hydroxylation sites is 1. The smallest absolute Gasteiger partial charge is 0.0503 e. The van der Waals surface area contributed by atoms with Crippen molar-refractivity contribution in [1.29, 1.82) is 0 Å². The molecule has 0 radical (unpaired) electrons. The van der Waals surface area contributed by atoms with Crippen molar-refractivity contribution in [2.45, 2.75) is 32.7 Å². The molecule has 1 aromatic rings. The molecule has 1 atom stereocenters. The molecule has 20 heavy (non-hydrogen) atoms. The highest BCUT2D eigenvalue weighted by molar-refractivity contribution is 5.54. The van der Waals surface area contributed by atoms with Crippen LogP contribution in [0.2, 0.25) is 0 Å². The Morgan fingerprint density at radius 2 is 2.15 bits per heavy atom. The topological polar surface area (TPSA) is 24.5 Å². The van der Waals surface area contributed by atoms with Crippen LogP contribution < -0.4 is 10.2 Å². The molecule has 3 heteroatoms. The van der Waals surface area contributed by atoms with Gasteiger partial charge in [0.15, 0.2) is 0 Å². The van der Waals surface area contributed by atoms with Gasteiger partial charge in [-0.15, -0.1) is 0 Å².